The summed E-state index contributed by atoms with van der Waals surface area (Å²) in [6.45, 7) is 5.56. The van der Waals surface area contributed by atoms with Crippen molar-refractivity contribution < 1.29 is 30.6 Å². The topological polar surface area (TPSA) is 121 Å². The standard InChI is InChI=1S/C21H30O6/c1-12(22)19(23)9-7-16-14-5-4-13-10-20(24,25)21(26,27)11-17(13,2)15(14)6-8-18(16,19)3/h4-6,12,16,22-27H,7-11H2,1-3H3/t12-,16+,17+,18+,19+/m1/s1. The zero-order valence-electron chi connectivity index (χ0n) is 16.1. The minimum Gasteiger partial charge on any atom is -0.390 e. The highest BCUT2D eigenvalue weighted by Gasteiger charge is 2.64. The number of allylic oxidation sites excluding steroid dienone is 5. The van der Waals surface area contributed by atoms with Gasteiger partial charge in [0.25, 0.3) is 0 Å². The summed E-state index contributed by atoms with van der Waals surface area (Å²) in [5.74, 6) is -5.15. The first-order valence-electron chi connectivity index (χ1n) is 9.71. The average molecular weight is 378 g/mol. The molecule has 27 heavy (non-hydrogen) atoms. The Kier molecular flexibility index (Phi) is 3.80. The number of fused-ring (bicyclic) bond motifs is 5. The SMILES string of the molecule is C[C@@H](O)[C@@]1(O)CC[C@H]2C3=CC=C4CC(O)(O)C(O)(O)C[C@]4(C)C3=CC[C@@]21C. The quantitative estimate of drug-likeness (QED) is 0.377. The summed E-state index contributed by atoms with van der Waals surface area (Å²) in [4.78, 5) is 0. The van der Waals surface area contributed by atoms with Crippen LogP contribution in [-0.2, 0) is 0 Å². The van der Waals surface area contributed by atoms with E-state index in [1.165, 1.54) is 0 Å². The van der Waals surface area contributed by atoms with Crippen LogP contribution < -0.4 is 0 Å². The predicted molar refractivity (Wildman–Crippen MR) is 98.0 cm³/mol. The molecule has 0 saturated heterocycles. The molecule has 0 spiro atoms. The van der Waals surface area contributed by atoms with E-state index >= 15 is 0 Å². The van der Waals surface area contributed by atoms with Crippen molar-refractivity contribution in [3.8, 4) is 0 Å². The first-order valence-corrected chi connectivity index (χ1v) is 9.71. The zero-order chi connectivity index (χ0) is 20.0. The third-order valence-corrected chi connectivity index (χ3v) is 8.13. The molecule has 2 fully saturated rings. The summed E-state index contributed by atoms with van der Waals surface area (Å²) in [6.07, 6.45) is 6.39. The molecule has 0 amide bonds. The van der Waals surface area contributed by atoms with Gasteiger partial charge in [-0.15, -0.1) is 0 Å². The Morgan fingerprint density at radius 3 is 2.33 bits per heavy atom. The number of aliphatic hydroxyl groups is 6. The molecule has 0 heterocycles. The molecule has 2 saturated carbocycles. The van der Waals surface area contributed by atoms with Crippen LogP contribution in [0.15, 0.2) is 34.9 Å². The van der Waals surface area contributed by atoms with E-state index in [-0.39, 0.29) is 18.8 Å². The van der Waals surface area contributed by atoms with Crippen LogP contribution in [0.5, 0.6) is 0 Å². The van der Waals surface area contributed by atoms with Crippen LogP contribution in [0.1, 0.15) is 52.9 Å². The van der Waals surface area contributed by atoms with Crippen LogP contribution in [0.2, 0.25) is 0 Å². The van der Waals surface area contributed by atoms with E-state index in [0.717, 1.165) is 23.1 Å². The second-order valence-electron chi connectivity index (χ2n) is 9.56. The number of hydrogen-bond donors (Lipinski definition) is 6. The van der Waals surface area contributed by atoms with Crippen molar-refractivity contribution >= 4 is 0 Å². The smallest absolute Gasteiger partial charge is 0.222 e. The minimum atomic E-state index is -2.61. The van der Waals surface area contributed by atoms with Crippen molar-refractivity contribution in [2.45, 2.75) is 76.2 Å². The minimum absolute atomic E-state index is 0.0495. The van der Waals surface area contributed by atoms with E-state index in [4.69, 9.17) is 0 Å². The summed E-state index contributed by atoms with van der Waals surface area (Å²) >= 11 is 0. The highest BCUT2D eigenvalue weighted by Crippen LogP contribution is 2.65. The van der Waals surface area contributed by atoms with Crippen molar-refractivity contribution in [1.29, 1.82) is 0 Å². The summed E-state index contributed by atoms with van der Waals surface area (Å²) in [5, 5.41) is 62.2. The van der Waals surface area contributed by atoms with Gasteiger partial charge in [-0.3, -0.25) is 0 Å². The molecular weight excluding hydrogens is 348 g/mol. The average Bonchev–Trinajstić information content (AvgIpc) is 2.82. The first-order chi connectivity index (χ1) is 12.3. The lowest BCUT2D eigenvalue weighted by molar-refractivity contribution is -0.372. The molecule has 0 aliphatic heterocycles. The molecule has 0 bridgehead atoms. The molecule has 5 atom stereocenters. The molecule has 0 aromatic carbocycles. The third kappa shape index (κ3) is 2.23. The Labute approximate surface area is 159 Å². The second kappa shape index (κ2) is 5.32. The Bertz CT molecular complexity index is 776. The zero-order valence-corrected chi connectivity index (χ0v) is 16.1. The monoisotopic (exact) mass is 378 g/mol. The molecule has 6 heteroatoms. The van der Waals surface area contributed by atoms with Gasteiger partial charge in [-0.25, -0.2) is 0 Å². The van der Waals surface area contributed by atoms with Gasteiger partial charge in [0, 0.05) is 23.7 Å². The Balaban J connectivity index is 1.81. The van der Waals surface area contributed by atoms with Crippen LogP contribution in [0.25, 0.3) is 0 Å². The van der Waals surface area contributed by atoms with E-state index in [9.17, 15) is 30.6 Å². The van der Waals surface area contributed by atoms with Gasteiger partial charge in [-0.1, -0.05) is 37.6 Å². The van der Waals surface area contributed by atoms with Crippen molar-refractivity contribution in [1.82, 2.24) is 0 Å². The lowest BCUT2D eigenvalue weighted by Crippen LogP contribution is -2.62. The van der Waals surface area contributed by atoms with E-state index in [1.54, 1.807) is 6.92 Å². The Morgan fingerprint density at radius 1 is 1.04 bits per heavy atom. The van der Waals surface area contributed by atoms with E-state index in [2.05, 4.69) is 0 Å². The fourth-order valence-electron chi connectivity index (χ4n) is 6.20. The molecule has 4 rings (SSSR count). The van der Waals surface area contributed by atoms with Crippen LogP contribution >= 0.6 is 0 Å². The summed E-state index contributed by atoms with van der Waals surface area (Å²) in [7, 11) is 0. The van der Waals surface area contributed by atoms with Gasteiger partial charge in [0.2, 0.25) is 11.6 Å². The first kappa shape index (κ1) is 19.3. The fraction of sp³-hybridized carbons (Fsp3) is 0.714. The maximum absolute atomic E-state index is 11.2. The lowest BCUT2D eigenvalue weighted by Gasteiger charge is -2.55. The molecule has 0 aromatic heterocycles. The Hall–Kier alpha value is -1.02. The van der Waals surface area contributed by atoms with E-state index < -0.39 is 34.1 Å². The van der Waals surface area contributed by atoms with Gasteiger partial charge in [0.05, 0.1) is 11.7 Å². The van der Waals surface area contributed by atoms with Crippen LogP contribution in [0.3, 0.4) is 0 Å². The highest BCUT2D eigenvalue weighted by molar-refractivity contribution is 5.55. The molecule has 150 valence electrons. The van der Waals surface area contributed by atoms with Gasteiger partial charge < -0.3 is 30.6 Å². The maximum Gasteiger partial charge on any atom is 0.222 e. The van der Waals surface area contributed by atoms with Crippen molar-refractivity contribution in [2.75, 3.05) is 0 Å². The van der Waals surface area contributed by atoms with Gasteiger partial charge >= 0.3 is 0 Å². The normalized spacial score (nSPS) is 45.7. The van der Waals surface area contributed by atoms with E-state index in [0.29, 0.717) is 12.8 Å². The van der Waals surface area contributed by atoms with Crippen LogP contribution in [0, 0.1) is 16.7 Å². The largest absolute Gasteiger partial charge is 0.390 e. The number of hydrogen-bond acceptors (Lipinski definition) is 6. The molecule has 4 aliphatic carbocycles. The van der Waals surface area contributed by atoms with E-state index in [1.807, 2.05) is 32.1 Å². The molecular formula is C21H30O6. The molecule has 0 unspecified atom stereocenters. The van der Waals surface area contributed by atoms with Gasteiger partial charge in [-0.05, 0) is 43.3 Å². The molecule has 6 nitrogen and oxygen atoms in total. The fourth-order valence-corrected chi connectivity index (χ4v) is 6.20. The Morgan fingerprint density at radius 2 is 1.70 bits per heavy atom. The lowest BCUT2D eigenvalue weighted by atomic mass is 9.53. The van der Waals surface area contributed by atoms with Crippen molar-refractivity contribution in [3.63, 3.8) is 0 Å². The molecule has 6 N–H and O–H groups in total. The third-order valence-electron chi connectivity index (χ3n) is 8.13. The highest BCUT2D eigenvalue weighted by atomic mass is 16.6. The van der Waals surface area contributed by atoms with Crippen molar-refractivity contribution in [2.24, 2.45) is 16.7 Å². The summed E-state index contributed by atoms with van der Waals surface area (Å²) in [6, 6.07) is 0. The van der Waals surface area contributed by atoms with Crippen LogP contribution in [0.4, 0.5) is 0 Å². The number of rotatable bonds is 1. The van der Waals surface area contributed by atoms with Crippen LogP contribution in [-0.4, -0.2) is 53.9 Å². The summed E-state index contributed by atoms with van der Waals surface area (Å²) < 4.78 is 0. The number of aliphatic hydroxyl groups excluding tert-OH is 1. The second-order valence-corrected chi connectivity index (χ2v) is 9.56. The van der Waals surface area contributed by atoms with Gasteiger partial charge in [-0.2, -0.15) is 0 Å². The van der Waals surface area contributed by atoms with Crippen molar-refractivity contribution in [3.05, 3.63) is 34.9 Å². The maximum atomic E-state index is 11.2. The molecule has 0 aromatic rings. The summed E-state index contributed by atoms with van der Waals surface area (Å²) in [5.41, 5.74) is 0.399. The predicted octanol–water partition coefficient (Wildman–Crippen LogP) is 0.873. The molecule has 4 aliphatic rings. The van der Waals surface area contributed by atoms with Gasteiger partial charge in [0.1, 0.15) is 0 Å². The van der Waals surface area contributed by atoms with Gasteiger partial charge in [0.15, 0.2) is 0 Å². The molecule has 0 radical (unpaired) electrons.